The predicted molar refractivity (Wildman–Crippen MR) is 254 cm³/mol. The van der Waals surface area contributed by atoms with Crippen LogP contribution in [0, 0.1) is 23.2 Å². The Morgan fingerprint density at radius 3 is 2.19 bits per heavy atom. The molecule has 0 radical (unpaired) electrons. The number of fused-ring (bicyclic) bond motifs is 2. The van der Waals surface area contributed by atoms with Crippen molar-refractivity contribution in [2.45, 2.75) is 89.4 Å². The first-order valence-corrected chi connectivity index (χ1v) is 26.4. The zero-order valence-electron chi connectivity index (χ0n) is 38.3. The van der Waals surface area contributed by atoms with Crippen molar-refractivity contribution in [3.63, 3.8) is 0 Å². The van der Waals surface area contributed by atoms with Crippen LogP contribution in [0.15, 0.2) is 59.5 Å². The number of hydrogen-bond donors (Lipinski definition) is 2. The quantitative estimate of drug-likeness (QED) is 0.0952. The molecule has 16 nitrogen and oxygen atoms in total. The minimum Gasteiger partial charge on any atom is -0.351 e. The molecule has 1 unspecified atom stereocenters. The van der Waals surface area contributed by atoms with Crippen LogP contribution < -0.4 is 10.9 Å². The molecule has 3 aliphatic heterocycles. The summed E-state index contributed by atoms with van der Waals surface area (Å²) in [5.41, 5.74) is -4.54. The van der Waals surface area contributed by atoms with Gasteiger partial charge in [-0.2, -0.15) is 14.0 Å². The average Bonchev–Trinajstić information content (AvgIpc) is 3.95. The highest BCUT2D eigenvalue weighted by Gasteiger charge is 2.55. The number of nitriles is 1. The average molecular weight is 999 g/mol. The standard InChI is InChI=1S/C47H57F2N6O10PS2/c1-4-6-42(58)67-20-18-64-66(63,65-19-21-68-43(59)7-5-2)47(48,49)37-11-10-31-8-9-33(22-34(31)23-37)44(60)52-26-36-28-53(30(3)56)17-15-38-12-13-40(55(38)45(36)61)46(62)54-27-35(25-50)39(29-54)32-14-16-51-41(57)24-32/h8-11,14,16,22-24,35-36,38-40H,4-7,12-13,15,17-21,26-29H2,1-3H3,(H,51,57)(H,52,60)/t35-,36?,38-,39+,40+/m1/s1. The van der Waals surface area contributed by atoms with Crippen LogP contribution in [-0.4, -0.2) is 123 Å². The van der Waals surface area contributed by atoms with E-state index in [4.69, 9.17) is 9.05 Å². The lowest BCUT2D eigenvalue weighted by Gasteiger charge is -2.39. The van der Waals surface area contributed by atoms with Crippen LogP contribution in [0.2, 0.25) is 0 Å². The fraction of sp³-hybridized carbons (Fsp3) is 0.532. The normalized spacial score (nSPS) is 21.0. The number of benzene rings is 2. The van der Waals surface area contributed by atoms with Gasteiger partial charge in [0.05, 0.1) is 31.1 Å². The van der Waals surface area contributed by atoms with Gasteiger partial charge in [0, 0.05) is 99.3 Å². The number of carbonyl (C=O) groups is 6. The second-order valence-corrected chi connectivity index (χ2v) is 21.5. The number of nitrogens with one attached hydrogen (secondary N) is 2. The monoisotopic (exact) mass is 998 g/mol. The lowest BCUT2D eigenvalue weighted by Crippen LogP contribution is -2.57. The molecule has 3 aromatic rings. The van der Waals surface area contributed by atoms with Crippen molar-refractivity contribution < 1.29 is 51.2 Å². The Balaban J connectivity index is 1.18. The highest BCUT2D eigenvalue weighted by atomic mass is 32.2. The first kappa shape index (κ1) is 52.4. The van der Waals surface area contributed by atoms with E-state index in [9.17, 15) is 43.4 Å². The zero-order chi connectivity index (χ0) is 49.2. The summed E-state index contributed by atoms with van der Waals surface area (Å²) in [7, 11) is -5.28. The van der Waals surface area contributed by atoms with Gasteiger partial charge in [-0.3, -0.25) is 38.1 Å². The van der Waals surface area contributed by atoms with Gasteiger partial charge in [0.2, 0.25) is 23.3 Å². The number of hydrogen-bond acceptors (Lipinski definition) is 13. The van der Waals surface area contributed by atoms with Gasteiger partial charge in [0.15, 0.2) is 10.2 Å². The summed E-state index contributed by atoms with van der Waals surface area (Å²) < 4.78 is 57.5. The Labute approximate surface area is 402 Å². The van der Waals surface area contributed by atoms with E-state index in [2.05, 4.69) is 16.4 Å². The maximum absolute atomic E-state index is 16.5. The molecule has 2 aromatic carbocycles. The van der Waals surface area contributed by atoms with Gasteiger partial charge in [-0.05, 0) is 72.7 Å². The van der Waals surface area contributed by atoms with E-state index in [-0.39, 0.29) is 95.1 Å². The van der Waals surface area contributed by atoms with Crippen LogP contribution in [0.4, 0.5) is 8.78 Å². The maximum Gasteiger partial charge on any atom is 0.404 e. The number of rotatable bonds is 19. The minimum atomic E-state index is -5.28. The largest absolute Gasteiger partial charge is 0.404 e. The van der Waals surface area contributed by atoms with Gasteiger partial charge in [-0.25, -0.2) is 0 Å². The third-order valence-corrected chi connectivity index (χ3v) is 16.2. The van der Waals surface area contributed by atoms with Crippen LogP contribution in [0.1, 0.15) is 93.1 Å². The number of halogens is 2. The van der Waals surface area contributed by atoms with Gasteiger partial charge in [0.25, 0.3) is 5.91 Å². The van der Waals surface area contributed by atoms with Gasteiger partial charge in [-0.15, -0.1) is 0 Å². The van der Waals surface area contributed by atoms with E-state index in [1.807, 2.05) is 13.8 Å². The predicted octanol–water partition coefficient (Wildman–Crippen LogP) is 6.65. The zero-order valence-corrected chi connectivity index (χ0v) is 40.8. The Morgan fingerprint density at radius 1 is 0.882 bits per heavy atom. The number of alkyl halides is 2. The second kappa shape index (κ2) is 23.6. The van der Waals surface area contributed by atoms with Crippen molar-refractivity contribution in [3.05, 3.63) is 81.8 Å². The highest BCUT2D eigenvalue weighted by Crippen LogP contribution is 2.67. The van der Waals surface area contributed by atoms with Crippen molar-refractivity contribution in [2.75, 3.05) is 57.4 Å². The van der Waals surface area contributed by atoms with E-state index < -0.39 is 67.6 Å². The van der Waals surface area contributed by atoms with Crippen molar-refractivity contribution in [3.8, 4) is 6.07 Å². The molecule has 3 saturated heterocycles. The van der Waals surface area contributed by atoms with Crippen molar-refractivity contribution in [1.29, 1.82) is 5.26 Å². The van der Waals surface area contributed by atoms with Crippen molar-refractivity contribution in [2.24, 2.45) is 11.8 Å². The molecule has 4 amide bonds. The number of carbonyl (C=O) groups excluding carboxylic acids is 6. The number of H-pyrrole nitrogens is 1. The smallest absolute Gasteiger partial charge is 0.351 e. The lowest BCUT2D eigenvalue weighted by molar-refractivity contribution is -0.150. The molecule has 1 aromatic heterocycles. The molecule has 6 rings (SSSR count). The SMILES string of the molecule is CCCC(=O)SCCOP(=O)(OCCSC(=O)CCC)C(F)(F)c1ccc2ccc(C(=O)NCC3CN(C(C)=O)CC[C@H]4CC[C@@H](C(=O)N5C[C@@H](C#N)[C@H](c6cc[nH]c(=O)c6)C5)N4C3=O)cc2c1. The molecular weight excluding hydrogens is 942 g/mol. The van der Waals surface area contributed by atoms with E-state index in [1.165, 1.54) is 37.4 Å². The van der Waals surface area contributed by atoms with Crippen molar-refractivity contribution in [1.82, 2.24) is 25.0 Å². The number of aromatic amines is 1. The van der Waals surface area contributed by atoms with Gasteiger partial charge in [0.1, 0.15) is 6.04 Å². The minimum absolute atomic E-state index is 0.0365. The molecule has 0 saturated carbocycles. The Bertz CT molecular complexity index is 2490. The number of aromatic nitrogens is 1. The summed E-state index contributed by atoms with van der Waals surface area (Å²) in [4.78, 5) is 98.8. The molecule has 5 atom stereocenters. The molecule has 3 aliphatic rings. The number of amides is 4. The Morgan fingerprint density at radius 2 is 1.56 bits per heavy atom. The molecule has 21 heteroatoms. The summed E-state index contributed by atoms with van der Waals surface area (Å²) in [6, 6.07) is 12.1. The number of pyridine rings is 1. The van der Waals surface area contributed by atoms with Crippen LogP contribution in [0.3, 0.4) is 0 Å². The highest BCUT2D eigenvalue weighted by molar-refractivity contribution is 8.13. The second-order valence-electron chi connectivity index (χ2n) is 17.1. The van der Waals surface area contributed by atoms with E-state index >= 15 is 8.78 Å². The number of nitrogens with zero attached hydrogens (tertiary/aromatic N) is 4. The Hall–Kier alpha value is -4.93. The summed E-state index contributed by atoms with van der Waals surface area (Å²) in [5.74, 6) is -3.64. The maximum atomic E-state index is 16.5. The number of likely N-dealkylation sites (tertiary alicyclic amines) is 1. The van der Waals surface area contributed by atoms with Crippen LogP contribution in [0.25, 0.3) is 10.8 Å². The summed E-state index contributed by atoms with van der Waals surface area (Å²) >= 11 is 1.75. The van der Waals surface area contributed by atoms with Crippen LogP contribution in [0.5, 0.6) is 0 Å². The first-order chi connectivity index (χ1) is 32.5. The summed E-state index contributed by atoms with van der Waals surface area (Å²) in [6.45, 7) is 4.46. The third kappa shape index (κ3) is 12.4. The molecule has 3 fully saturated rings. The molecule has 68 heavy (non-hydrogen) atoms. The third-order valence-electron chi connectivity index (χ3n) is 12.5. The van der Waals surface area contributed by atoms with Crippen LogP contribution >= 0.6 is 31.1 Å². The molecular formula is C47H57F2N6O10PS2. The summed E-state index contributed by atoms with van der Waals surface area (Å²) in [6.07, 6.45) is 4.57. The molecule has 2 N–H and O–H groups in total. The lowest BCUT2D eigenvalue weighted by atomic mass is 9.91. The van der Waals surface area contributed by atoms with Gasteiger partial charge in [-0.1, -0.05) is 55.6 Å². The van der Waals surface area contributed by atoms with E-state index in [0.717, 1.165) is 35.7 Å². The topological polar surface area (TPSA) is 216 Å². The van der Waals surface area contributed by atoms with Gasteiger partial charge < -0.3 is 34.0 Å². The molecule has 0 spiro atoms. The van der Waals surface area contributed by atoms with E-state index in [1.54, 1.807) is 26.8 Å². The molecule has 366 valence electrons. The fourth-order valence-electron chi connectivity index (χ4n) is 8.92. The van der Waals surface area contributed by atoms with Gasteiger partial charge >= 0.3 is 13.3 Å². The van der Waals surface area contributed by atoms with Crippen LogP contribution in [-0.2, 0) is 43.2 Å². The molecule has 0 bridgehead atoms. The Kier molecular flexibility index (Phi) is 18.2. The van der Waals surface area contributed by atoms with E-state index in [0.29, 0.717) is 49.6 Å². The molecule has 4 heterocycles. The van der Waals surface area contributed by atoms with Crippen molar-refractivity contribution >= 4 is 75.8 Å². The summed E-state index contributed by atoms with van der Waals surface area (Å²) in [5, 5.41) is 13.1. The number of thioether (sulfide) groups is 2. The first-order valence-electron chi connectivity index (χ1n) is 22.9. The molecule has 0 aliphatic carbocycles. The fourth-order valence-corrected chi connectivity index (χ4v) is 12.2.